The van der Waals surface area contributed by atoms with Crippen molar-refractivity contribution in [1.82, 2.24) is 4.90 Å². The van der Waals surface area contributed by atoms with Gasteiger partial charge >= 0.3 is 0 Å². The highest BCUT2D eigenvalue weighted by Crippen LogP contribution is 2.24. The summed E-state index contributed by atoms with van der Waals surface area (Å²) in [5.74, 6) is 3.12. The Kier molecular flexibility index (Phi) is 5.14. The predicted molar refractivity (Wildman–Crippen MR) is 82.7 cm³/mol. The fraction of sp³-hybridized carbons (Fsp3) is 0.500. The van der Waals surface area contributed by atoms with Crippen molar-refractivity contribution in [2.45, 2.75) is 19.0 Å². The zero-order valence-corrected chi connectivity index (χ0v) is 12.7. The van der Waals surface area contributed by atoms with E-state index in [-0.39, 0.29) is 5.84 Å². The molecule has 1 unspecified atom stereocenters. The number of rotatable bonds is 5. The normalized spacial score (nSPS) is 19.6. The van der Waals surface area contributed by atoms with Crippen molar-refractivity contribution < 1.29 is 9.94 Å². The van der Waals surface area contributed by atoms with Crippen LogP contribution >= 0.6 is 11.8 Å². The van der Waals surface area contributed by atoms with E-state index in [4.69, 9.17) is 15.7 Å². The van der Waals surface area contributed by atoms with Gasteiger partial charge < -0.3 is 15.7 Å². The summed E-state index contributed by atoms with van der Waals surface area (Å²) in [5.41, 5.74) is 7.45. The zero-order valence-electron chi connectivity index (χ0n) is 11.9. The van der Waals surface area contributed by atoms with Crippen molar-refractivity contribution in [1.29, 1.82) is 0 Å². The van der Waals surface area contributed by atoms with E-state index in [1.165, 1.54) is 17.9 Å². The molecule has 20 heavy (non-hydrogen) atoms. The fourth-order valence-electron chi connectivity index (χ4n) is 2.39. The van der Waals surface area contributed by atoms with Crippen molar-refractivity contribution in [3.63, 3.8) is 0 Å². The molecular formula is C14H21N3O2S. The molecule has 6 heteroatoms. The molecule has 1 atom stereocenters. The lowest BCUT2D eigenvalue weighted by atomic mass is 10.1. The number of ether oxygens (including phenoxy) is 1. The first kappa shape index (κ1) is 15.0. The Bertz CT molecular complexity index is 487. The van der Waals surface area contributed by atoms with Crippen LogP contribution in [0.1, 0.15) is 17.5 Å². The minimum atomic E-state index is 0.0720. The van der Waals surface area contributed by atoms with Crippen molar-refractivity contribution in [3.05, 3.63) is 29.3 Å². The van der Waals surface area contributed by atoms with Gasteiger partial charge in [-0.2, -0.15) is 11.8 Å². The van der Waals surface area contributed by atoms with E-state index < -0.39 is 0 Å². The molecule has 0 radical (unpaired) electrons. The molecular weight excluding hydrogens is 274 g/mol. The molecule has 3 N–H and O–H groups in total. The maximum absolute atomic E-state index is 8.85. The first-order chi connectivity index (χ1) is 9.65. The van der Waals surface area contributed by atoms with E-state index in [1.54, 1.807) is 7.11 Å². The van der Waals surface area contributed by atoms with Gasteiger partial charge in [0.1, 0.15) is 5.75 Å². The smallest absolute Gasteiger partial charge is 0.173 e. The highest BCUT2D eigenvalue weighted by molar-refractivity contribution is 7.99. The minimum Gasteiger partial charge on any atom is -0.496 e. The summed E-state index contributed by atoms with van der Waals surface area (Å²) in [4.78, 5) is 2.36. The molecule has 1 aromatic rings. The van der Waals surface area contributed by atoms with Crippen LogP contribution in [0.2, 0.25) is 0 Å². The molecule has 1 heterocycles. The first-order valence-electron chi connectivity index (χ1n) is 6.58. The van der Waals surface area contributed by atoms with Gasteiger partial charge in [-0.3, -0.25) is 4.90 Å². The van der Waals surface area contributed by atoms with E-state index in [2.05, 4.69) is 17.1 Å². The number of hydrogen-bond acceptors (Lipinski definition) is 5. The largest absolute Gasteiger partial charge is 0.496 e. The van der Waals surface area contributed by atoms with Gasteiger partial charge in [0.05, 0.1) is 12.7 Å². The van der Waals surface area contributed by atoms with Crippen molar-refractivity contribution in [2.24, 2.45) is 10.9 Å². The van der Waals surface area contributed by atoms with Crippen LogP contribution in [0, 0.1) is 0 Å². The number of methoxy groups -OCH3 is 1. The number of nitrogens with two attached hydrogens (primary N) is 1. The quantitative estimate of drug-likeness (QED) is 0.375. The Hall–Kier alpha value is -1.40. The summed E-state index contributed by atoms with van der Waals surface area (Å²) in [6.07, 6.45) is 1.24. The molecule has 1 aromatic carbocycles. The standard InChI is InChI=1S/C14H21N3O2S/c1-17(11-5-6-20-9-11)8-10-3-4-13(19-2)12(7-10)14(15)16-18/h3-4,7,11,18H,5-6,8-9H2,1-2H3,(H2,15,16). The molecule has 0 spiro atoms. The highest BCUT2D eigenvalue weighted by atomic mass is 32.2. The Balaban J connectivity index is 2.16. The summed E-state index contributed by atoms with van der Waals surface area (Å²) < 4.78 is 5.24. The summed E-state index contributed by atoms with van der Waals surface area (Å²) in [7, 11) is 3.72. The van der Waals surface area contributed by atoms with Crippen LogP contribution in [0.15, 0.2) is 23.4 Å². The fourth-order valence-corrected chi connectivity index (χ4v) is 3.69. The van der Waals surface area contributed by atoms with Crippen LogP contribution in [0.5, 0.6) is 5.75 Å². The molecule has 0 aromatic heterocycles. The van der Waals surface area contributed by atoms with Crippen LogP contribution in [0.25, 0.3) is 0 Å². The van der Waals surface area contributed by atoms with Crippen LogP contribution in [0.3, 0.4) is 0 Å². The Morgan fingerprint density at radius 3 is 3.00 bits per heavy atom. The second-order valence-corrected chi connectivity index (χ2v) is 6.10. The highest BCUT2D eigenvalue weighted by Gasteiger charge is 2.20. The zero-order chi connectivity index (χ0) is 14.5. The number of benzene rings is 1. The molecule has 1 fully saturated rings. The van der Waals surface area contributed by atoms with E-state index in [9.17, 15) is 0 Å². The van der Waals surface area contributed by atoms with E-state index in [0.717, 1.165) is 12.1 Å². The molecule has 110 valence electrons. The molecule has 1 aliphatic rings. The predicted octanol–water partition coefficient (Wildman–Crippen LogP) is 1.73. The molecule has 2 rings (SSSR count). The van der Waals surface area contributed by atoms with Gasteiger partial charge in [-0.25, -0.2) is 0 Å². The van der Waals surface area contributed by atoms with Gasteiger partial charge in [-0.05, 0) is 36.9 Å². The molecule has 0 amide bonds. The van der Waals surface area contributed by atoms with Crippen LogP contribution in [0.4, 0.5) is 0 Å². The summed E-state index contributed by atoms with van der Waals surface area (Å²) in [6, 6.07) is 6.44. The second-order valence-electron chi connectivity index (χ2n) is 4.95. The molecule has 0 saturated carbocycles. The third-order valence-corrected chi connectivity index (χ3v) is 4.75. The average Bonchev–Trinajstić information content (AvgIpc) is 3.00. The SMILES string of the molecule is COc1ccc(CN(C)C2CCSC2)cc1C(N)=NO. The number of oxime groups is 1. The lowest BCUT2D eigenvalue weighted by Gasteiger charge is -2.23. The summed E-state index contributed by atoms with van der Waals surface area (Å²) in [6.45, 7) is 0.848. The molecule has 1 saturated heterocycles. The Morgan fingerprint density at radius 1 is 1.60 bits per heavy atom. The van der Waals surface area contributed by atoms with Crippen molar-refractivity contribution >= 4 is 17.6 Å². The van der Waals surface area contributed by atoms with Crippen LogP contribution < -0.4 is 10.5 Å². The number of amidine groups is 1. The summed E-state index contributed by atoms with van der Waals surface area (Å²) in [5, 5.41) is 11.9. The van der Waals surface area contributed by atoms with Gasteiger partial charge in [0, 0.05) is 18.3 Å². The monoisotopic (exact) mass is 295 g/mol. The van der Waals surface area contributed by atoms with Gasteiger partial charge in [0.2, 0.25) is 0 Å². The third kappa shape index (κ3) is 3.37. The van der Waals surface area contributed by atoms with Crippen LogP contribution in [-0.4, -0.2) is 47.6 Å². The van der Waals surface area contributed by atoms with Gasteiger partial charge in [0.15, 0.2) is 5.84 Å². The molecule has 0 aliphatic carbocycles. The minimum absolute atomic E-state index is 0.0720. The molecule has 5 nitrogen and oxygen atoms in total. The van der Waals surface area contributed by atoms with Gasteiger partial charge in [-0.1, -0.05) is 11.2 Å². The van der Waals surface area contributed by atoms with Crippen LogP contribution in [-0.2, 0) is 6.54 Å². The summed E-state index contributed by atoms with van der Waals surface area (Å²) >= 11 is 2.00. The number of thioether (sulfide) groups is 1. The number of nitrogens with zero attached hydrogens (tertiary/aromatic N) is 2. The van der Waals surface area contributed by atoms with Crippen molar-refractivity contribution in [3.8, 4) is 5.75 Å². The third-order valence-electron chi connectivity index (χ3n) is 3.61. The van der Waals surface area contributed by atoms with Crippen molar-refractivity contribution in [2.75, 3.05) is 25.7 Å². The van der Waals surface area contributed by atoms with E-state index in [0.29, 0.717) is 17.4 Å². The Morgan fingerprint density at radius 2 is 2.40 bits per heavy atom. The maximum Gasteiger partial charge on any atom is 0.173 e. The second kappa shape index (κ2) is 6.85. The Labute approximate surface area is 123 Å². The lowest BCUT2D eigenvalue weighted by molar-refractivity contribution is 0.254. The molecule has 0 bridgehead atoms. The van der Waals surface area contributed by atoms with E-state index >= 15 is 0 Å². The lowest BCUT2D eigenvalue weighted by Crippen LogP contribution is -2.31. The first-order valence-corrected chi connectivity index (χ1v) is 7.74. The van der Waals surface area contributed by atoms with Gasteiger partial charge in [0.25, 0.3) is 0 Å². The average molecular weight is 295 g/mol. The van der Waals surface area contributed by atoms with Gasteiger partial charge in [-0.15, -0.1) is 0 Å². The maximum atomic E-state index is 8.85. The number of hydrogen-bond donors (Lipinski definition) is 2. The van der Waals surface area contributed by atoms with E-state index in [1.807, 2.05) is 30.0 Å². The molecule has 1 aliphatic heterocycles. The topological polar surface area (TPSA) is 71.1 Å².